The van der Waals surface area contributed by atoms with Crippen LogP contribution >= 0.6 is 0 Å². The van der Waals surface area contributed by atoms with Gasteiger partial charge in [0.25, 0.3) is 0 Å². The van der Waals surface area contributed by atoms with Crippen LogP contribution < -0.4 is 0 Å². The Balaban J connectivity index is 2.77. The predicted molar refractivity (Wildman–Crippen MR) is 76.5 cm³/mol. The summed E-state index contributed by atoms with van der Waals surface area (Å²) in [6.07, 6.45) is 1.71. The van der Waals surface area contributed by atoms with Gasteiger partial charge in [-0.15, -0.1) is 0 Å². The standard InChI is InChI=1S/C13H25NO5S/c1-12(2,3)14(11(15)16)10-5-7-13(17,8-6-10)9-20(4,18)19/h10,17H,5-9H2,1-4H3,(H,15,16). The lowest BCUT2D eigenvalue weighted by Crippen LogP contribution is -2.54. The largest absolute Gasteiger partial charge is 0.465 e. The third-order valence-corrected chi connectivity index (χ3v) is 4.77. The van der Waals surface area contributed by atoms with Crippen LogP contribution in [0.15, 0.2) is 0 Å². The van der Waals surface area contributed by atoms with Crippen molar-refractivity contribution in [2.45, 2.75) is 63.6 Å². The normalized spacial score (nSPS) is 28.1. The van der Waals surface area contributed by atoms with E-state index in [0.29, 0.717) is 25.7 Å². The zero-order valence-electron chi connectivity index (χ0n) is 12.6. The van der Waals surface area contributed by atoms with Gasteiger partial charge < -0.3 is 15.1 Å². The lowest BCUT2D eigenvalue weighted by atomic mass is 9.82. The molecule has 118 valence electrons. The van der Waals surface area contributed by atoms with Crippen molar-refractivity contribution in [2.24, 2.45) is 0 Å². The van der Waals surface area contributed by atoms with Gasteiger partial charge in [-0.05, 0) is 46.5 Å². The minimum atomic E-state index is -3.24. The van der Waals surface area contributed by atoms with E-state index in [0.717, 1.165) is 6.26 Å². The average molecular weight is 307 g/mol. The zero-order chi connectivity index (χ0) is 15.8. The van der Waals surface area contributed by atoms with E-state index in [1.165, 1.54) is 4.90 Å². The number of hydrogen-bond acceptors (Lipinski definition) is 4. The van der Waals surface area contributed by atoms with Crippen LogP contribution in [-0.4, -0.2) is 58.8 Å². The summed E-state index contributed by atoms with van der Waals surface area (Å²) in [4.78, 5) is 12.8. The van der Waals surface area contributed by atoms with Gasteiger partial charge in [-0.2, -0.15) is 0 Å². The van der Waals surface area contributed by atoms with Crippen molar-refractivity contribution in [1.82, 2.24) is 4.90 Å². The molecule has 1 amide bonds. The van der Waals surface area contributed by atoms with Crippen LogP contribution in [0.5, 0.6) is 0 Å². The molecule has 0 bridgehead atoms. The molecule has 1 saturated carbocycles. The van der Waals surface area contributed by atoms with Gasteiger partial charge in [0, 0.05) is 17.8 Å². The van der Waals surface area contributed by atoms with Gasteiger partial charge in [-0.25, -0.2) is 13.2 Å². The van der Waals surface area contributed by atoms with E-state index in [1.807, 2.05) is 20.8 Å². The molecule has 6 nitrogen and oxygen atoms in total. The van der Waals surface area contributed by atoms with Crippen molar-refractivity contribution in [2.75, 3.05) is 12.0 Å². The van der Waals surface area contributed by atoms with Gasteiger partial charge in [-0.1, -0.05) is 0 Å². The highest BCUT2D eigenvalue weighted by molar-refractivity contribution is 7.90. The van der Waals surface area contributed by atoms with Gasteiger partial charge >= 0.3 is 6.09 Å². The number of carbonyl (C=O) groups is 1. The monoisotopic (exact) mass is 307 g/mol. The molecule has 0 unspecified atom stereocenters. The second-order valence-corrected chi connectivity index (χ2v) is 8.99. The first-order valence-electron chi connectivity index (χ1n) is 6.76. The fraction of sp³-hybridized carbons (Fsp3) is 0.923. The number of sulfone groups is 1. The molecule has 0 radical (unpaired) electrons. The molecular formula is C13H25NO5S. The summed E-state index contributed by atoms with van der Waals surface area (Å²) in [6.45, 7) is 5.50. The zero-order valence-corrected chi connectivity index (χ0v) is 13.4. The minimum Gasteiger partial charge on any atom is -0.465 e. The van der Waals surface area contributed by atoms with Crippen molar-refractivity contribution in [3.05, 3.63) is 0 Å². The highest BCUT2D eigenvalue weighted by Crippen LogP contribution is 2.34. The maximum Gasteiger partial charge on any atom is 0.407 e. The summed E-state index contributed by atoms with van der Waals surface area (Å²) in [5, 5.41) is 19.6. The number of amides is 1. The summed E-state index contributed by atoms with van der Waals surface area (Å²) < 4.78 is 22.6. The molecule has 2 N–H and O–H groups in total. The maximum atomic E-state index is 11.4. The Labute approximate surface area is 120 Å². The molecule has 0 heterocycles. The Morgan fingerprint density at radius 1 is 1.30 bits per heavy atom. The molecule has 0 aromatic rings. The van der Waals surface area contributed by atoms with Crippen LogP contribution in [0.1, 0.15) is 46.5 Å². The van der Waals surface area contributed by atoms with E-state index in [1.54, 1.807) is 0 Å². The van der Waals surface area contributed by atoms with E-state index in [9.17, 15) is 23.4 Å². The number of aliphatic hydroxyl groups is 1. The average Bonchev–Trinajstić information content (AvgIpc) is 2.15. The van der Waals surface area contributed by atoms with Crippen LogP contribution in [-0.2, 0) is 9.84 Å². The molecular weight excluding hydrogens is 282 g/mol. The number of rotatable bonds is 3. The number of nitrogens with zero attached hydrogens (tertiary/aromatic N) is 1. The Kier molecular flexibility index (Phi) is 4.76. The fourth-order valence-corrected chi connectivity index (χ4v) is 4.29. The number of hydrogen-bond donors (Lipinski definition) is 2. The third-order valence-electron chi connectivity index (χ3n) is 3.71. The van der Waals surface area contributed by atoms with E-state index in [-0.39, 0.29) is 11.8 Å². The second kappa shape index (κ2) is 5.52. The molecule has 1 fully saturated rings. The van der Waals surface area contributed by atoms with E-state index >= 15 is 0 Å². The van der Waals surface area contributed by atoms with Crippen LogP contribution in [0.2, 0.25) is 0 Å². The van der Waals surface area contributed by atoms with Gasteiger partial charge in [-0.3, -0.25) is 0 Å². The van der Waals surface area contributed by atoms with Crippen LogP contribution in [0.4, 0.5) is 4.79 Å². The Hall–Kier alpha value is -0.820. The molecule has 20 heavy (non-hydrogen) atoms. The van der Waals surface area contributed by atoms with E-state index in [2.05, 4.69) is 0 Å². The van der Waals surface area contributed by atoms with Gasteiger partial charge in [0.1, 0.15) is 9.84 Å². The molecule has 0 aliphatic heterocycles. The van der Waals surface area contributed by atoms with Gasteiger partial charge in [0.05, 0.1) is 11.4 Å². The summed E-state index contributed by atoms with van der Waals surface area (Å²) in [5.41, 5.74) is -1.73. The summed E-state index contributed by atoms with van der Waals surface area (Å²) in [6, 6.07) is -0.174. The first-order chi connectivity index (χ1) is 8.84. The Morgan fingerprint density at radius 2 is 1.75 bits per heavy atom. The molecule has 1 aliphatic rings. The SMILES string of the molecule is CC(C)(C)N(C(=O)O)C1CCC(O)(CS(C)(=O)=O)CC1. The van der Waals surface area contributed by atoms with Gasteiger partial charge in [0.15, 0.2) is 0 Å². The predicted octanol–water partition coefficient (Wildman–Crippen LogP) is 1.48. The first kappa shape index (κ1) is 17.2. The molecule has 0 spiro atoms. The molecule has 1 aliphatic carbocycles. The van der Waals surface area contributed by atoms with Crippen molar-refractivity contribution < 1.29 is 23.4 Å². The van der Waals surface area contributed by atoms with Crippen LogP contribution in [0.3, 0.4) is 0 Å². The summed E-state index contributed by atoms with van der Waals surface area (Å²) in [7, 11) is -3.24. The van der Waals surface area contributed by atoms with Crippen LogP contribution in [0.25, 0.3) is 0 Å². The van der Waals surface area contributed by atoms with E-state index < -0.39 is 27.1 Å². The second-order valence-electron chi connectivity index (χ2n) is 6.85. The highest BCUT2D eigenvalue weighted by Gasteiger charge is 2.41. The third kappa shape index (κ3) is 4.63. The minimum absolute atomic E-state index is 0.174. The lowest BCUT2D eigenvalue weighted by molar-refractivity contribution is -0.0162. The van der Waals surface area contributed by atoms with E-state index in [4.69, 9.17) is 0 Å². The first-order valence-corrected chi connectivity index (χ1v) is 8.82. The van der Waals surface area contributed by atoms with Crippen molar-refractivity contribution >= 4 is 15.9 Å². The van der Waals surface area contributed by atoms with Crippen molar-refractivity contribution in [3.8, 4) is 0 Å². The Bertz CT molecular complexity index is 458. The highest BCUT2D eigenvalue weighted by atomic mass is 32.2. The van der Waals surface area contributed by atoms with Crippen molar-refractivity contribution in [3.63, 3.8) is 0 Å². The van der Waals surface area contributed by atoms with Crippen molar-refractivity contribution in [1.29, 1.82) is 0 Å². The quantitative estimate of drug-likeness (QED) is 0.823. The van der Waals surface area contributed by atoms with Gasteiger partial charge in [0.2, 0.25) is 0 Å². The smallest absolute Gasteiger partial charge is 0.407 e. The number of carboxylic acid groups (broad SMARTS) is 1. The molecule has 1 rings (SSSR count). The molecule has 7 heteroatoms. The maximum absolute atomic E-state index is 11.4. The molecule has 0 aromatic carbocycles. The molecule has 0 saturated heterocycles. The summed E-state index contributed by atoms with van der Waals surface area (Å²) >= 11 is 0. The topological polar surface area (TPSA) is 94.9 Å². The summed E-state index contributed by atoms with van der Waals surface area (Å²) in [5.74, 6) is -0.255. The Morgan fingerprint density at radius 3 is 2.05 bits per heavy atom. The molecule has 0 aromatic heterocycles. The molecule has 0 atom stereocenters. The van der Waals surface area contributed by atoms with Crippen LogP contribution in [0, 0.1) is 0 Å². The fourth-order valence-electron chi connectivity index (χ4n) is 3.02. The lowest BCUT2D eigenvalue weighted by Gasteiger charge is -2.44.